The first-order chi connectivity index (χ1) is 17.1. The summed E-state index contributed by atoms with van der Waals surface area (Å²) >= 11 is 0. The second-order valence-corrected chi connectivity index (χ2v) is 12.4. The van der Waals surface area contributed by atoms with Crippen molar-refractivity contribution in [2.24, 2.45) is 0 Å². The van der Waals surface area contributed by atoms with Gasteiger partial charge in [0.05, 0.1) is 54.4 Å². The minimum atomic E-state index is 0. The summed E-state index contributed by atoms with van der Waals surface area (Å²) in [7, 11) is 9.74. The number of unbranched alkanes of at least 4 members (excludes halogenated alkanes) is 3. The van der Waals surface area contributed by atoms with Gasteiger partial charge in [-0.3, -0.25) is 0 Å². The Balaban J connectivity index is 0.00000253. The predicted molar refractivity (Wildman–Crippen MR) is 155 cm³/mol. The van der Waals surface area contributed by atoms with Crippen LogP contribution in [0.1, 0.15) is 38.5 Å². The van der Waals surface area contributed by atoms with E-state index >= 15 is 0 Å². The summed E-state index contributed by atoms with van der Waals surface area (Å²) in [5.41, 5.74) is 16.1. The van der Waals surface area contributed by atoms with Gasteiger partial charge >= 0.3 is 0 Å². The molecule has 0 saturated carbocycles. The van der Waals surface area contributed by atoms with Crippen LogP contribution < -0.4 is 46.1 Å². The minimum absolute atomic E-state index is 0. The van der Waals surface area contributed by atoms with Crippen LogP contribution in [-0.2, 0) is 0 Å². The van der Waals surface area contributed by atoms with Gasteiger partial charge < -0.3 is 55.0 Å². The molecule has 4 N–H and O–H groups in total. The summed E-state index contributed by atoms with van der Waals surface area (Å²) in [5.74, 6) is 0. The molecule has 2 aliphatic heterocycles. The van der Waals surface area contributed by atoms with Crippen LogP contribution in [0.25, 0.3) is 0 Å². The molecular weight excluding hydrogens is 515 g/mol. The van der Waals surface area contributed by atoms with Gasteiger partial charge in [0.25, 0.3) is 0 Å². The summed E-state index contributed by atoms with van der Waals surface area (Å²) in [4.78, 5) is 5.06. The SMILES string of the molecule is C[N+](C)(CCCCCC[N+](C)(C)C1CCN(c2ccc(N)cc2)C1)C1CCN(c2ccc(N)cc2)C1.[Cl-].[Cl-]. The number of hydrogen-bond acceptors (Lipinski definition) is 4. The quantitative estimate of drug-likeness (QED) is 0.197. The fourth-order valence-corrected chi connectivity index (χ4v) is 6.22. The molecule has 2 aromatic rings. The molecule has 214 valence electrons. The zero-order valence-electron chi connectivity index (χ0n) is 24.0. The fourth-order valence-electron chi connectivity index (χ4n) is 6.22. The highest BCUT2D eigenvalue weighted by atomic mass is 35.5. The van der Waals surface area contributed by atoms with Crippen LogP contribution in [0.4, 0.5) is 22.7 Å². The third kappa shape index (κ3) is 8.32. The maximum atomic E-state index is 5.87. The molecule has 0 radical (unpaired) electrons. The molecule has 38 heavy (non-hydrogen) atoms. The molecule has 2 unspecified atom stereocenters. The number of anilines is 4. The largest absolute Gasteiger partial charge is 1.00 e. The lowest BCUT2D eigenvalue weighted by molar-refractivity contribution is -0.913. The second kappa shape index (κ2) is 14.0. The number of nitrogens with zero attached hydrogens (tertiary/aromatic N) is 4. The number of nitrogen functional groups attached to an aromatic ring is 2. The topological polar surface area (TPSA) is 58.5 Å². The number of quaternary nitrogens is 2. The summed E-state index contributed by atoms with van der Waals surface area (Å²) in [5, 5.41) is 0. The van der Waals surface area contributed by atoms with E-state index < -0.39 is 0 Å². The molecule has 2 saturated heterocycles. The fraction of sp³-hybridized carbons (Fsp3) is 0.600. The van der Waals surface area contributed by atoms with Crippen molar-refractivity contribution in [3.05, 3.63) is 48.5 Å². The maximum Gasteiger partial charge on any atom is 0.108 e. The highest BCUT2D eigenvalue weighted by molar-refractivity contribution is 5.54. The Labute approximate surface area is 243 Å². The molecule has 2 aromatic carbocycles. The molecule has 0 bridgehead atoms. The summed E-state index contributed by atoms with van der Waals surface area (Å²) in [6, 6.07) is 18.2. The van der Waals surface area contributed by atoms with Crippen LogP contribution in [0.3, 0.4) is 0 Å². The zero-order valence-corrected chi connectivity index (χ0v) is 25.5. The van der Waals surface area contributed by atoms with Gasteiger partial charge in [-0.15, -0.1) is 0 Å². The number of rotatable bonds is 11. The van der Waals surface area contributed by atoms with Crippen molar-refractivity contribution < 1.29 is 33.8 Å². The first-order valence-electron chi connectivity index (χ1n) is 14.0. The summed E-state index contributed by atoms with van der Waals surface area (Å²) < 4.78 is 2.27. The van der Waals surface area contributed by atoms with Gasteiger partial charge in [0, 0.05) is 48.7 Å². The van der Waals surface area contributed by atoms with Crippen molar-refractivity contribution in [2.45, 2.75) is 50.6 Å². The van der Waals surface area contributed by atoms with Crippen molar-refractivity contribution in [3.63, 3.8) is 0 Å². The molecule has 0 spiro atoms. The van der Waals surface area contributed by atoms with Gasteiger partial charge in [0.1, 0.15) is 12.1 Å². The Kier molecular flexibility index (Phi) is 11.9. The highest BCUT2D eigenvalue weighted by Gasteiger charge is 2.36. The monoisotopic (exact) mass is 564 g/mol. The van der Waals surface area contributed by atoms with E-state index in [-0.39, 0.29) is 24.8 Å². The van der Waals surface area contributed by atoms with E-state index in [0.717, 1.165) is 46.5 Å². The van der Waals surface area contributed by atoms with Crippen LogP contribution in [0, 0.1) is 0 Å². The van der Waals surface area contributed by atoms with Crippen molar-refractivity contribution in [1.82, 2.24) is 0 Å². The number of nitrogens with two attached hydrogens (primary N) is 2. The Hall–Kier alpha value is -1.86. The van der Waals surface area contributed by atoms with Crippen LogP contribution >= 0.6 is 0 Å². The van der Waals surface area contributed by atoms with E-state index in [1.165, 1.54) is 63.0 Å². The molecule has 0 aliphatic carbocycles. The van der Waals surface area contributed by atoms with E-state index in [9.17, 15) is 0 Å². The van der Waals surface area contributed by atoms with E-state index in [0.29, 0.717) is 12.1 Å². The number of benzene rings is 2. The van der Waals surface area contributed by atoms with Crippen molar-refractivity contribution in [1.29, 1.82) is 0 Å². The average molecular weight is 566 g/mol. The molecule has 4 rings (SSSR count). The molecule has 0 aromatic heterocycles. The first kappa shape index (κ1) is 32.4. The van der Waals surface area contributed by atoms with E-state index in [2.05, 4.69) is 62.3 Å². The molecular formula is C30H50Cl2N6. The lowest BCUT2D eigenvalue weighted by atomic mass is 10.1. The maximum absolute atomic E-state index is 5.87. The van der Waals surface area contributed by atoms with Crippen molar-refractivity contribution in [3.8, 4) is 0 Å². The lowest BCUT2D eigenvalue weighted by Gasteiger charge is -2.37. The molecule has 2 heterocycles. The molecule has 0 amide bonds. The molecule has 2 atom stereocenters. The Bertz CT molecular complexity index is 884. The Morgan fingerprint density at radius 2 is 0.947 bits per heavy atom. The van der Waals surface area contributed by atoms with Gasteiger partial charge in [0.15, 0.2) is 0 Å². The molecule has 2 fully saturated rings. The normalized spacial score (nSPS) is 19.8. The predicted octanol–water partition coefficient (Wildman–Crippen LogP) is -1.57. The lowest BCUT2D eigenvalue weighted by Crippen LogP contribution is -3.00. The highest BCUT2D eigenvalue weighted by Crippen LogP contribution is 2.28. The summed E-state index contributed by atoms with van der Waals surface area (Å²) in [6.07, 6.45) is 7.90. The number of likely N-dealkylation sites (N-methyl/N-ethyl adjacent to an activating group) is 2. The Morgan fingerprint density at radius 1 is 0.605 bits per heavy atom. The van der Waals surface area contributed by atoms with E-state index in [4.69, 9.17) is 11.5 Å². The van der Waals surface area contributed by atoms with Gasteiger partial charge in [-0.2, -0.15) is 0 Å². The smallest absolute Gasteiger partial charge is 0.108 e. The second-order valence-electron chi connectivity index (χ2n) is 12.4. The van der Waals surface area contributed by atoms with Gasteiger partial charge in [-0.05, 0) is 74.2 Å². The van der Waals surface area contributed by atoms with Crippen molar-refractivity contribution in [2.75, 3.05) is 88.7 Å². The van der Waals surface area contributed by atoms with Crippen LogP contribution in [0.2, 0.25) is 0 Å². The van der Waals surface area contributed by atoms with Crippen molar-refractivity contribution >= 4 is 22.7 Å². The molecule has 6 nitrogen and oxygen atoms in total. The zero-order chi connectivity index (χ0) is 25.8. The van der Waals surface area contributed by atoms with E-state index in [1.807, 2.05) is 24.3 Å². The standard InChI is InChI=1S/C30H50N6.2ClH/c1-35(2,29-17-19-33(23-29)27-13-9-25(31)10-14-27)21-7-5-6-8-22-36(3,4)30-18-20-34(24-30)28-15-11-26(32)12-16-28;;/h9-16,29-30H,5-8,17-24,31-32H2,1-4H3;2*1H/q+2;;/p-2. The third-order valence-corrected chi connectivity index (χ3v) is 9.04. The third-order valence-electron chi connectivity index (χ3n) is 9.04. The van der Waals surface area contributed by atoms with Crippen LogP contribution in [-0.4, -0.2) is 88.5 Å². The van der Waals surface area contributed by atoms with E-state index in [1.54, 1.807) is 0 Å². The van der Waals surface area contributed by atoms with Gasteiger partial charge in [-0.25, -0.2) is 0 Å². The van der Waals surface area contributed by atoms with Crippen LogP contribution in [0.15, 0.2) is 48.5 Å². The number of hydrogen-bond donors (Lipinski definition) is 2. The first-order valence-corrected chi connectivity index (χ1v) is 14.0. The van der Waals surface area contributed by atoms with Gasteiger partial charge in [0.2, 0.25) is 0 Å². The molecule has 2 aliphatic rings. The van der Waals surface area contributed by atoms with Gasteiger partial charge in [-0.1, -0.05) is 0 Å². The average Bonchev–Trinajstić information content (AvgIpc) is 3.54. The Morgan fingerprint density at radius 3 is 1.29 bits per heavy atom. The minimum Gasteiger partial charge on any atom is -1.00 e. The molecule has 8 heteroatoms. The number of halogens is 2. The summed E-state index contributed by atoms with van der Waals surface area (Å²) in [6.45, 7) is 7.16. The van der Waals surface area contributed by atoms with Crippen LogP contribution in [0.5, 0.6) is 0 Å².